The van der Waals surface area contributed by atoms with E-state index in [0.717, 1.165) is 16.5 Å². The van der Waals surface area contributed by atoms with Gasteiger partial charge in [0.1, 0.15) is 0 Å². The molecule has 0 saturated carbocycles. The zero-order valence-corrected chi connectivity index (χ0v) is 14.9. The average Bonchev–Trinajstić information content (AvgIpc) is 3.05. The standard InChI is InChI=1S/C19H24FN3O3/c1-26-10-8-21-18(25)19(20)7-4-9-23(13-19)17(24)11-14-12-22-16-6-3-2-5-15(14)16/h2-3,5-6,12,22H,4,7-11,13H2,1H3,(H,21,25). The smallest absolute Gasteiger partial charge is 0.259 e. The van der Waals surface area contributed by atoms with Crippen molar-refractivity contribution in [3.63, 3.8) is 0 Å². The maximum atomic E-state index is 15.1. The van der Waals surface area contributed by atoms with E-state index in [1.54, 1.807) is 0 Å². The Bertz CT molecular complexity index is 791. The average molecular weight is 361 g/mol. The lowest BCUT2D eigenvalue weighted by molar-refractivity contribution is -0.143. The van der Waals surface area contributed by atoms with Gasteiger partial charge >= 0.3 is 0 Å². The van der Waals surface area contributed by atoms with Crippen molar-refractivity contribution >= 4 is 22.7 Å². The molecule has 0 bridgehead atoms. The highest BCUT2D eigenvalue weighted by Gasteiger charge is 2.43. The molecule has 0 aliphatic carbocycles. The van der Waals surface area contributed by atoms with Gasteiger partial charge in [0.15, 0.2) is 0 Å². The molecule has 0 radical (unpaired) electrons. The Morgan fingerprint density at radius 2 is 2.19 bits per heavy atom. The lowest BCUT2D eigenvalue weighted by Gasteiger charge is -2.36. The largest absolute Gasteiger partial charge is 0.383 e. The molecule has 1 aromatic carbocycles. The van der Waals surface area contributed by atoms with Crippen LogP contribution in [0.3, 0.4) is 0 Å². The van der Waals surface area contributed by atoms with E-state index in [2.05, 4.69) is 10.3 Å². The Morgan fingerprint density at radius 1 is 1.38 bits per heavy atom. The van der Waals surface area contributed by atoms with Crippen LogP contribution in [0, 0.1) is 0 Å². The summed E-state index contributed by atoms with van der Waals surface area (Å²) in [6, 6.07) is 7.74. The van der Waals surface area contributed by atoms with E-state index in [0.29, 0.717) is 19.6 Å². The molecule has 6 nitrogen and oxygen atoms in total. The normalized spacial score (nSPS) is 20.3. The van der Waals surface area contributed by atoms with E-state index in [9.17, 15) is 9.59 Å². The number of fused-ring (bicyclic) bond motifs is 1. The number of halogens is 1. The number of hydrogen-bond donors (Lipinski definition) is 2. The number of aromatic nitrogens is 1. The third kappa shape index (κ3) is 3.88. The predicted octanol–water partition coefficient (Wildman–Crippen LogP) is 1.80. The molecule has 1 saturated heterocycles. The Labute approximate surface area is 151 Å². The molecule has 26 heavy (non-hydrogen) atoms. The molecule has 140 valence electrons. The van der Waals surface area contributed by atoms with Gasteiger partial charge in [-0.3, -0.25) is 9.59 Å². The van der Waals surface area contributed by atoms with Crippen LogP contribution in [0.4, 0.5) is 4.39 Å². The minimum atomic E-state index is -2.04. The number of carbonyl (C=O) groups is 2. The minimum absolute atomic E-state index is 0.128. The van der Waals surface area contributed by atoms with Gasteiger partial charge in [0.2, 0.25) is 11.6 Å². The summed E-state index contributed by atoms with van der Waals surface area (Å²) >= 11 is 0. The monoisotopic (exact) mass is 361 g/mol. The van der Waals surface area contributed by atoms with Crippen molar-refractivity contribution in [1.29, 1.82) is 0 Å². The van der Waals surface area contributed by atoms with Crippen molar-refractivity contribution in [1.82, 2.24) is 15.2 Å². The molecule has 3 rings (SSSR count). The fourth-order valence-corrected chi connectivity index (χ4v) is 3.39. The van der Waals surface area contributed by atoms with Crippen molar-refractivity contribution in [2.45, 2.75) is 24.9 Å². The van der Waals surface area contributed by atoms with Crippen molar-refractivity contribution in [2.75, 3.05) is 33.4 Å². The van der Waals surface area contributed by atoms with Crippen molar-refractivity contribution < 1.29 is 18.7 Å². The number of aromatic amines is 1. The second kappa shape index (κ2) is 7.86. The number of hydrogen-bond acceptors (Lipinski definition) is 3. The van der Waals surface area contributed by atoms with Crippen LogP contribution in [0.1, 0.15) is 18.4 Å². The van der Waals surface area contributed by atoms with Gasteiger partial charge in [0, 0.05) is 37.3 Å². The van der Waals surface area contributed by atoms with Crippen LogP contribution in [0.25, 0.3) is 10.9 Å². The topological polar surface area (TPSA) is 74.4 Å². The highest BCUT2D eigenvalue weighted by atomic mass is 19.1. The molecular formula is C19H24FN3O3. The number of likely N-dealkylation sites (tertiary alicyclic amines) is 1. The van der Waals surface area contributed by atoms with Gasteiger partial charge in [0.05, 0.1) is 19.6 Å². The number of alkyl halides is 1. The quantitative estimate of drug-likeness (QED) is 0.771. The summed E-state index contributed by atoms with van der Waals surface area (Å²) in [6.45, 7) is 0.848. The number of piperidine rings is 1. The fourth-order valence-electron chi connectivity index (χ4n) is 3.39. The lowest BCUT2D eigenvalue weighted by atomic mass is 9.93. The zero-order valence-electron chi connectivity index (χ0n) is 14.9. The molecule has 0 spiro atoms. The molecule has 2 aromatic rings. The zero-order chi connectivity index (χ0) is 18.6. The van der Waals surface area contributed by atoms with Crippen LogP contribution in [0.5, 0.6) is 0 Å². The maximum absolute atomic E-state index is 15.1. The Hall–Kier alpha value is -2.41. The maximum Gasteiger partial charge on any atom is 0.259 e. The number of para-hydroxylation sites is 1. The van der Waals surface area contributed by atoms with Gasteiger partial charge in [-0.15, -0.1) is 0 Å². The third-order valence-corrected chi connectivity index (χ3v) is 4.81. The molecule has 1 aliphatic heterocycles. The van der Waals surface area contributed by atoms with Crippen LogP contribution in [-0.4, -0.2) is 60.7 Å². The first-order valence-electron chi connectivity index (χ1n) is 8.82. The van der Waals surface area contributed by atoms with Crippen LogP contribution in [0.15, 0.2) is 30.5 Å². The van der Waals surface area contributed by atoms with Crippen LogP contribution in [-0.2, 0) is 20.7 Å². The Balaban J connectivity index is 1.65. The number of H-pyrrole nitrogens is 1. The van der Waals surface area contributed by atoms with E-state index < -0.39 is 11.6 Å². The SMILES string of the molecule is COCCNC(=O)C1(F)CCCN(C(=O)Cc2c[nH]c3ccccc23)C1. The van der Waals surface area contributed by atoms with E-state index in [-0.39, 0.29) is 31.8 Å². The van der Waals surface area contributed by atoms with Gasteiger partial charge in [-0.05, 0) is 24.5 Å². The van der Waals surface area contributed by atoms with Crippen molar-refractivity contribution in [3.8, 4) is 0 Å². The van der Waals surface area contributed by atoms with Crippen LogP contribution in [0.2, 0.25) is 0 Å². The number of ether oxygens (including phenoxy) is 1. The molecule has 1 unspecified atom stereocenters. The van der Waals surface area contributed by atoms with Gasteiger partial charge < -0.3 is 19.9 Å². The number of nitrogens with zero attached hydrogens (tertiary/aromatic N) is 1. The molecule has 1 fully saturated rings. The number of rotatable bonds is 6. The van der Waals surface area contributed by atoms with E-state index >= 15 is 4.39 Å². The van der Waals surface area contributed by atoms with Crippen LogP contribution < -0.4 is 5.32 Å². The second-order valence-corrected chi connectivity index (χ2v) is 6.67. The number of nitrogens with one attached hydrogen (secondary N) is 2. The van der Waals surface area contributed by atoms with E-state index in [4.69, 9.17) is 4.74 Å². The van der Waals surface area contributed by atoms with E-state index in [1.165, 1.54) is 12.0 Å². The number of amides is 2. The summed E-state index contributed by atoms with van der Waals surface area (Å²) in [5.74, 6) is -0.833. The summed E-state index contributed by atoms with van der Waals surface area (Å²) in [4.78, 5) is 29.4. The first kappa shape index (κ1) is 18.4. The fraction of sp³-hybridized carbons (Fsp3) is 0.474. The second-order valence-electron chi connectivity index (χ2n) is 6.67. The minimum Gasteiger partial charge on any atom is -0.383 e. The van der Waals surface area contributed by atoms with Crippen molar-refractivity contribution in [3.05, 3.63) is 36.0 Å². The highest BCUT2D eigenvalue weighted by molar-refractivity contribution is 5.90. The molecule has 2 N–H and O–H groups in total. The summed E-state index contributed by atoms with van der Waals surface area (Å²) < 4.78 is 19.9. The van der Waals surface area contributed by atoms with E-state index in [1.807, 2.05) is 30.5 Å². The number of benzene rings is 1. The lowest BCUT2D eigenvalue weighted by Crippen LogP contribution is -2.56. The van der Waals surface area contributed by atoms with Gasteiger partial charge in [-0.2, -0.15) is 0 Å². The Kier molecular flexibility index (Phi) is 5.56. The van der Waals surface area contributed by atoms with Gasteiger partial charge in [-0.1, -0.05) is 18.2 Å². The van der Waals surface area contributed by atoms with Gasteiger partial charge in [-0.25, -0.2) is 4.39 Å². The molecule has 1 aromatic heterocycles. The molecule has 2 amide bonds. The molecular weight excluding hydrogens is 337 g/mol. The third-order valence-electron chi connectivity index (χ3n) is 4.81. The number of methoxy groups -OCH3 is 1. The summed E-state index contributed by atoms with van der Waals surface area (Å²) in [7, 11) is 1.52. The number of carbonyl (C=O) groups excluding carboxylic acids is 2. The Morgan fingerprint density at radius 3 is 3.00 bits per heavy atom. The highest BCUT2D eigenvalue weighted by Crippen LogP contribution is 2.27. The molecule has 1 atom stereocenters. The molecule has 2 heterocycles. The van der Waals surface area contributed by atoms with Crippen molar-refractivity contribution in [2.24, 2.45) is 0 Å². The van der Waals surface area contributed by atoms with Gasteiger partial charge in [0.25, 0.3) is 5.91 Å². The van der Waals surface area contributed by atoms with Crippen LogP contribution >= 0.6 is 0 Å². The predicted molar refractivity (Wildman–Crippen MR) is 96.5 cm³/mol. The molecule has 1 aliphatic rings. The first-order valence-corrected chi connectivity index (χ1v) is 8.82. The summed E-state index contributed by atoms with van der Waals surface area (Å²) in [5.41, 5.74) is -0.196. The molecule has 7 heteroatoms. The summed E-state index contributed by atoms with van der Waals surface area (Å²) in [6.07, 6.45) is 2.59. The summed E-state index contributed by atoms with van der Waals surface area (Å²) in [5, 5.41) is 3.53. The first-order chi connectivity index (χ1) is 12.5.